The fourth-order valence-electron chi connectivity index (χ4n) is 16.4. The van der Waals surface area contributed by atoms with E-state index in [0.717, 1.165) is 141 Å². The smallest absolute Gasteiger partial charge is 0.209 e. The zero-order chi connectivity index (χ0) is 75.8. The van der Waals surface area contributed by atoms with Crippen LogP contribution >= 0.6 is 0 Å². The molecule has 0 N–H and O–H groups in total. The van der Waals surface area contributed by atoms with Crippen LogP contribution in [0.2, 0.25) is 0 Å². The molecule has 0 saturated heterocycles. The van der Waals surface area contributed by atoms with E-state index in [0.29, 0.717) is 0 Å². The van der Waals surface area contributed by atoms with Gasteiger partial charge in [0.2, 0.25) is 5.69 Å². The molecule has 0 radical (unpaired) electrons. The molecule has 10 nitrogen and oxygen atoms in total. The third-order valence-electron chi connectivity index (χ3n) is 23.0. The molecule has 8 aromatic carbocycles. The molecular formula is C98H122N4O6. The topological polar surface area (TPSA) is 89.8 Å². The molecule has 0 aromatic heterocycles. The minimum atomic E-state index is -0.521. The lowest BCUT2D eigenvalue weighted by Gasteiger charge is -2.33. The lowest BCUT2D eigenvalue weighted by Crippen LogP contribution is -2.35. The van der Waals surface area contributed by atoms with Crippen molar-refractivity contribution in [1.29, 1.82) is 0 Å². The lowest BCUT2D eigenvalue weighted by atomic mass is 9.77. The van der Waals surface area contributed by atoms with E-state index >= 15 is 9.90 Å². The number of fused-ring (bicyclic) bond motifs is 2. The number of methoxy groups -OCH3 is 4. The molecule has 2 heterocycles. The zero-order valence-electron chi connectivity index (χ0n) is 66.9. The Morgan fingerprint density at radius 2 is 0.704 bits per heavy atom. The van der Waals surface area contributed by atoms with E-state index in [4.69, 9.17) is 18.9 Å². The first-order valence-corrected chi connectivity index (χ1v) is 41.2. The van der Waals surface area contributed by atoms with E-state index in [1.54, 1.807) is 28.4 Å². The monoisotopic (exact) mass is 1450 g/mol. The molecule has 3 aliphatic rings. The second-order valence-electron chi connectivity index (χ2n) is 31.3. The van der Waals surface area contributed by atoms with Crippen LogP contribution in [0.4, 0.5) is 45.5 Å². The summed E-state index contributed by atoms with van der Waals surface area (Å²) in [7, 11) is 6.77. The van der Waals surface area contributed by atoms with E-state index in [9.17, 15) is 0 Å². The second-order valence-corrected chi connectivity index (χ2v) is 31.3. The summed E-state index contributed by atoms with van der Waals surface area (Å²) in [6.07, 6.45) is 40.1. The summed E-state index contributed by atoms with van der Waals surface area (Å²) in [6.45, 7) is 15.3. The maximum absolute atomic E-state index is 15.2. The third kappa shape index (κ3) is 19.6. The van der Waals surface area contributed by atoms with Gasteiger partial charge in [-0.25, -0.2) is 0 Å². The molecule has 0 atom stereocenters. The predicted molar refractivity (Wildman–Crippen MR) is 451 cm³/mol. The number of carbonyl (C=O) groups is 1. The van der Waals surface area contributed by atoms with Crippen molar-refractivity contribution in [2.75, 3.05) is 56.2 Å². The van der Waals surface area contributed by atoms with Gasteiger partial charge in [-0.1, -0.05) is 224 Å². The SMILES string of the molecule is CCCCCCCCCCCCCCCCN1/C(=C/C2=C([O-])C(=C\C3=[N+](CCCCCCCCCCCCCCCC)c4ccc(-c5ccc(N(c6ccc(OC)cc6)c6ccc(OC)cc6)cc5)cc4C3(C)C)/C2=O)C(C)(C)c2cc(-c3ccc(N(c4ccc(OC)cc4)c4ccc(OC)cc4)cc3)ccc21. The van der Waals surface area contributed by atoms with Crippen LogP contribution in [0.1, 0.15) is 232 Å². The molecule has 0 unspecified atom stereocenters. The van der Waals surface area contributed by atoms with Gasteiger partial charge in [0.05, 0.1) is 33.9 Å². The van der Waals surface area contributed by atoms with Crippen molar-refractivity contribution in [2.45, 2.75) is 232 Å². The molecule has 0 saturated carbocycles. The first kappa shape index (κ1) is 79.8. The fourth-order valence-corrected chi connectivity index (χ4v) is 16.4. The van der Waals surface area contributed by atoms with Crippen molar-refractivity contribution in [3.8, 4) is 45.3 Å². The Hall–Kier alpha value is -9.28. The molecule has 1 aliphatic carbocycles. The molecule has 11 rings (SSSR count). The van der Waals surface area contributed by atoms with Crippen LogP contribution in [0.3, 0.4) is 0 Å². The molecule has 0 amide bonds. The molecule has 0 bridgehead atoms. The lowest BCUT2D eigenvalue weighted by molar-refractivity contribution is -0.438. The van der Waals surface area contributed by atoms with E-state index < -0.39 is 10.8 Å². The maximum atomic E-state index is 15.2. The highest BCUT2D eigenvalue weighted by Crippen LogP contribution is 2.52. The minimum absolute atomic E-state index is 0.176. The van der Waals surface area contributed by atoms with Crippen molar-refractivity contribution in [3.63, 3.8) is 0 Å². The number of Topliss-reactive ketones (excluding diaryl/α,β-unsaturated/α-hetero) is 1. The number of allylic oxidation sites excluding steroid dienone is 5. The number of hydrogen-bond donors (Lipinski definition) is 0. The van der Waals surface area contributed by atoms with Crippen molar-refractivity contribution < 1.29 is 33.4 Å². The van der Waals surface area contributed by atoms with Gasteiger partial charge in [-0.3, -0.25) is 4.79 Å². The summed E-state index contributed by atoms with van der Waals surface area (Å²) in [6, 6.07) is 63.9. The molecule has 2 aliphatic heterocycles. The molecular weight excluding hydrogens is 1330 g/mol. The summed E-state index contributed by atoms with van der Waals surface area (Å²) >= 11 is 0. The quantitative estimate of drug-likeness (QED) is 0.0210. The van der Waals surface area contributed by atoms with Crippen LogP contribution in [-0.4, -0.2) is 57.6 Å². The summed E-state index contributed by atoms with van der Waals surface area (Å²) in [5.41, 5.74) is 16.6. The van der Waals surface area contributed by atoms with E-state index in [1.165, 1.54) is 165 Å². The second kappa shape index (κ2) is 39.2. The zero-order valence-corrected chi connectivity index (χ0v) is 66.9. The molecule has 8 aromatic rings. The molecule has 0 spiro atoms. The van der Waals surface area contributed by atoms with Gasteiger partial charge in [-0.15, -0.1) is 0 Å². The Labute approximate surface area is 648 Å². The average Bonchev–Trinajstić information content (AvgIpc) is 1.62. The maximum Gasteiger partial charge on any atom is 0.209 e. The van der Waals surface area contributed by atoms with Crippen LogP contribution in [0.5, 0.6) is 23.0 Å². The Kier molecular flexibility index (Phi) is 28.9. The van der Waals surface area contributed by atoms with Crippen molar-refractivity contribution in [2.24, 2.45) is 0 Å². The number of nitrogens with zero attached hydrogens (tertiary/aromatic N) is 4. The Balaban J connectivity index is 0.865. The highest BCUT2D eigenvalue weighted by Gasteiger charge is 2.47. The van der Waals surface area contributed by atoms with Gasteiger partial charge in [0.15, 0.2) is 11.5 Å². The van der Waals surface area contributed by atoms with E-state index in [1.807, 2.05) is 60.7 Å². The van der Waals surface area contributed by atoms with Crippen LogP contribution in [0, 0.1) is 0 Å². The van der Waals surface area contributed by atoms with Gasteiger partial charge >= 0.3 is 0 Å². The predicted octanol–water partition coefficient (Wildman–Crippen LogP) is 26.1. The van der Waals surface area contributed by atoms with Gasteiger partial charge in [0.1, 0.15) is 29.5 Å². The number of ether oxygens (including phenoxy) is 4. The Bertz CT molecular complexity index is 4220. The largest absolute Gasteiger partial charge is 0.871 e. The highest BCUT2D eigenvalue weighted by molar-refractivity contribution is 6.24. The fraction of sp³-hybridized carbons (Fsp3) is 0.429. The van der Waals surface area contributed by atoms with Crippen molar-refractivity contribution in [3.05, 3.63) is 228 Å². The minimum Gasteiger partial charge on any atom is -0.871 e. The van der Waals surface area contributed by atoms with Crippen LogP contribution < -0.4 is 38.8 Å². The highest BCUT2D eigenvalue weighted by atomic mass is 16.5. The standard InChI is InChI=1S/C98H122N4O6/c1-11-13-15-17-19-21-23-25-27-29-31-33-35-37-67-99-91-65-43-75(73-39-45-77(46-40-73)101(79-49-57-83(105-7)58-50-79)80-51-59-84(106-8)60-52-80)69-89(91)97(3,4)93(99)71-87-95(103)88(96(87)104)72-94-98(5,6)90-70-76(44-66-92(90)100(94)68-38-36-34-32-30-28-26-24-22-20-18-16-14-12-2)74-41-47-78(48-42-74)102(81-53-61-85(107-9)62-54-81)82-55-63-86(108-10)64-56-82/h39-66,69-72H,11-38,67-68H2,1-10H3. The first-order valence-electron chi connectivity index (χ1n) is 41.2. The number of hydrogen-bond acceptors (Lipinski definition) is 9. The third-order valence-corrected chi connectivity index (χ3v) is 23.0. The molecule has 10 heteroatoms. The van der Waals surface area contributed by atoms with Gasteiger partial charge in [0, 0.05) is 92.7 Å². The summed E-state index contributed by atoms with van der Waals surface area (Å²) in [5.74, 6) is 2.84. The normalized spacial score (nSPS) is 14.9. The van der Waals surface area contributed by atoms with E-state index in [2.05, 4.69) is 194 Å². The molecule has 108 heavy (non-hydrogen) atoms. The first-order chi connectivity index (χ1) is 52.7. The van der Waals surface area contributed by atoms with Gasteiger partial charge in [0.25, 0.3) is 0 Å². The van der Waals surface area contributed by atoms with Gasteiger partial charge < -0.3 is 38.8 Å². The van der Waals surface area contributed by atoms with Gasteiger partial charge in [-0.05, 0) is 206 Å². The van der Waals surface area contributed by atoms with Crippen LogP contribution in [-0.2, 0) is 15.6 Å². The Morgan fingerprint density at radius 3 is 1.06 bits per heavy atom. The number of anilines is 7. The van der Waals surface area contributed by atoms with Crippen molar-refractivity contribution in [1.82, 2.24) is 0 Å². The average molecular weight is 1450 g/mol. The van der Waals surface area contributed by atoms with Gasteiger partial charge in [-0.2, -0.15) is 4.58 Å². The number of ketones is 1. The van der Waals surface area contributed by atoms with Crippen LogP contribution in [0.15, 0.2) is 217 Å². The number of unbranched alkanes of at least 4 members (excludes halogenated alkanes) is 26. The van der Waals surface area contributed by atoms with Crippen LogP contribution in [0.25, 0.3) is 22.3 Å². The number of benzene rings is 8. The molecule has 0 fully saturated rings. The molecule has 570 valence electrons. The van der Waals surface area contributed by atoms with E-state index in [-0.39, 0.29) is 22.7 Å². The number of rotatable bonds is 44. The van der Waals surface area contributed by atoms with Crippen molar-refractivity contribution >= 4 is 57.0 Å². The summed E-state index contributed by atoms with van der Waals surface area (Å²) in [4.78, 5) is 22.1. The number of carbonyl (C=O) groups excluding carboxylic acids is 1. The summed E-state index contributed by atoms with van der Waals surface area (Å²) in [5, 5.41) is 15.2. The summed E-state index contributed by atoms with van der Waals surface area (Å²) < 4.78 is 24.6. The Morgan fingerprint density at radius 1 is 0.380 bits per heavy atom.